The first-order valence-corrected chi connectivity index (χ1v) is 7.51. The minimum atomic E-state index is -1.47. The smallest absolute Gasteiger partial charge is 0.305 e. The SMILES string of the molecule is CC(=O)O[C@H]1O[C@H](CN=[N+]=[N-])[C@H](OC(C)=O)[C@H](OC(C)=O)[C@H]1OC(C)=O. The number of azide groups is 1. The standard InChI is InChI=1S/C14H19N3O9/c1-6(18)22-11-10(5-16-17-15)26-14(25-9(4)21)13(24-8(3)20)12(11)23-7(2)19/h10-14H,5H2,1-4H3/t10-,11+,12+,13-,14+/m1/s1. The molecule has 0 radical (unpaired) electrons. The summed E-state index contributed by atoms with van der Waals surface area (Å²) in [4.78, 5) is 48.3. The summed E-state index contributed by atoms with van der Waals surface area (Å²) in [5.74, 6) is -3.05. The highest BCUT2D eigenvalue weighted by molar-refractivity contribution is 5.69. The van der Waals surface area contributed by atoms with Gasteiger partial charge < -0.3 is 23.7 Å². The molecular weight excluding hydrogens is 354 g/mol. The van der Waals surface area contributed by atoms with Crippen LogP contribution in [-0.2, 0) is 42.9 Å². The lowest BCUT2D eigenvalue weighted by atomic mass is 9.97. The van der Waals surface area contributed by atoms with Crippen LogP contribution in [-0.4, -0.2) is 61.1 Å². The van der Waals surface area contributed by atoms with E-state index in [0.29, 0.717) is 0 Å². The maximum atomic E-state index is 11.5. The number of carbonyl (C=O) groups is 4. The van der Waals surface area contributed by atoms with Crippen LogP contribution in [0.2, 0.25) is 0 Å². The van der Waals surface area contributed by atoms with Gasteiger partial charge in [-0.2, -0.15) is 0 Å². The third kappa shape index (κ3) is 6.22. The summed E-state index contributed by atoms with van der Waals surface area (Å²) >= 11 is 0. The monoisotopic (exact) mass is 373 g/mol. The molecule has 0 spiro atoms. The van der Waals surface area contributed by atoms with Crippen LogP contribution in [0.15, 0.2) is 5.11 Å². The molecule has 0 aromatic rings. The fraction of sp³-hybridized carbons (Fsp3) is 0.714. The molecule has 1 heterocycles. The van der Waals surface area contributed by atoms with Crippen molar-refractivity contribution in [2.45, 2.75) is 58.4 Å². The molecule has 1 aliphatic rings. The Kier molecular flexibility index (Phi) is 7.81. The van der Waals surface area contributed by atoms with E-state index >= 15 is 0 Å². The molecule has 1 saturated heterocycles. The zero-order chi connectivity index (χ0) is 19.9. The summed E-state index contributed by atoms with van der Waals surface area (Å²) in [6.45, 7) is 4.05. The highest BCUT2D eigenvalue weighted by Crippen LogP contribution is 2.29. The molecule has 1 aliphatic heterocycles. The quantitative estimate of drug-likeness (QED) is 0.210. The van der Waals surface area contributed by atoms with Gasteiger partial charge in [0.25, 0.3) is 0 Å². The fourth-order valence-corrected chi connectivity index (χ4v) is 2.38. The Balaban J connectivity index is 3.32. The number of rotatable bonds is 6. The summed E-state index contributed by atoms with van der Waals surface area (Å²) in [6, 6.07) is 0. The molecule has 0 bridgehead atoms. The average Bonchev–Trinajstić information content (AvgIpc) is 2.49. The number of hydrogen-bond acceptors (Lipinski definition) is 10. The van der Waals surface area contributed by atoms with Gasteiger partial charge in [0.05, 0.1) is 6.54 Å². The van der Waals surface area contributed by atoms with Gasteiger partial charge in [-0.15, -0.1) is 0 Å². The van der Waals surface area contributed by atoms with Gasteiger partial charge in [0.15, 0.2) is 12.2 Å². The molecule has 0 saturated carbocycles. The molecule has 0 N–H and O–H groups in total. The normalized spacial score (nSPS) is 27.5. The molecule has 12 heteroatoms. The van der Waals surface area contributed by atoms with Crippen molar-refractivity contribution in [1.82, 2.24) is 0 Å². The van der Waals surface area contributed by atoms with Crippen LogP contribution in [0.1, 0.15) is 27.7 Å². The van der Waals surface area contributed by atoms with Gasteiger partial charge in [-0.25, -0.2) is 0 Å². The van der Waals surface area contributed by atoms with Crippen LogP contribution in [0.25, 0.3) is 10.4 Å². The molecule has 0 unspecified atom stereocenters. The second-order valence-electron chi connectivity index (χ2n) is 5.29. The Morgan fingerprint density at radius 1 is 0.846 bits per heavy atom. The Morgan fingerprint density at radius 2 is 1.31 bits per heavy atom. The Hall–Kier alpha value is -2.85. The summed E-state index contributed by atoms with van der Waals surface area (Å²) in [5, 5.41) is 3.34. The van der Waals surface area contributed by atoms with Crippen molar-refractivity contribution in [2.24, 2.45) is 5.11 Å². The van der Waals surface area contributed by atoms with Crippen LogP contribution >= 0.6 is 0 Å². The minimum absolute atomic E-state index is 0.323. The van der Waals surface area contributed by atoms with Crippen molar-refractivity contribution < 1.29 is 42.9 Å². The first-order valence-electron chi connectivity index (χ1n) is 7.51. The zero-order valence-corrected chi connectivity index (χ0v) is 14.6. The highest BCUT2D eigenvalue weighted by atomic mass is 16.7. The lowest BCUT2D eigenvalue weighted by Crippen LogP contribution is -2.62. The zero-order valence-electron chi connectivity index (χ0n) is 14.6. The number of esters is 4. The van der Waals surface area contributed by atoms with Gasteiger partial charge in [0, 0.05) is 32.6 Å². The number of ether oxygens (including phenoxy) is 5. The predicted molar refractivity (Wildman–Crippen MR) is 81.1 cm³/mol. The molecule has 144 valence electrons. The topological polar surface area (TPSA) is 163 Å². The molecule has 0 aromatic heterocycles. The molecule has 5 atom stereocenters. The molecule has 0 aliphatic carbocycles. The molecular formula is C14H19N3O9. The summed E-state index contributed by atoms with van der Waals surface area (Å²) in [7, 11) is 0. The molecule has 0 amide bonds. The molecule has 1 fully saturated rings. The van der Waals surface area contributed by atoms with Crippen molar-refractivity contribution >= 4 is 23.9 Å². The molecule has 12 nitrogen and oxygen atoms in total. The van der Waals surface area contributed by atoms with Gasteiger partial charge in [-0.1, -0.05) is 5.11 Å². The Bertz CT molecular complexity index is 587. The highest BCUT2D eigenvalue weighted by Gasteiger charge is 2.52. The van der Waals surface area contributed by atoms with Crippen LogP contribution in [0.4, 0.5) is 0 Å². The van der Waals surface area contributed by atoms with E-state index < -0.39 is 54.6 Å². The maximum Gasteiger partial charge on any atom is 0.305 e. The number of hydrogen-bond donors (Lipinski definition) is 0. The first kappa shape index (κ1) is 21.2. The minimum Gasteiger partial charge on any atom is -0.456 e. The maximum absolute atomic E-state index is 11.5. The van der Waals surface area contributed by atoms with E-state index in [2.05, 4.69) is 10.0 Å². The number of carbonyl (C=O) groups excluding carboxylic acids is 4. The summed E-state index contributed by atoms with van der Waals surface area (Å²) in [5.41, 5.74) is 8.51. The third-order valence-corrected chi connectivity index (χ3v) is 3.10. The van der Waals surface area contributed by atoms with Crippen LogP contribution < -0.4 is 0 Å². The first-order chi connectivity index (χ1) is 12.1. The Morgan fingerprint density at radius 3 is 1.77 bits per heavy atom. The van der Waals surface area contributed by atoms with E-state index in [-0.39, 0.29) is 6.54 Å². The summed E-state index contributed by atoms with van der Waals surface area (Å²) < 4.78 is 25.8. The average molecular weight is 373 g/mol. The molecule has 1 rings (SSSR count). The molecule has 0 aromatic carbocycles. The largest absolute Gasteiger partial charge is 0.456 e. The van der Waals surface area contributed by atoms with E-state index in [1.165, 1.54) is 0 Å². The van der Waals surface area contributed by atoms with Gasteiger partial charge in [-0.3, -0.25) is 19.2 Å². The van der Waals surface area contributed by atoms with E-state index in [4.69, 9.17) is 29.2 Å². The lowest BCUT2D eigenvalue weighted by Gasteiger charge is -2.43. The fourth-order valence-electron chi connectivity index (χ4n) is 2.38. The van der Waals surface area contributed by atoms with Crippen LogP contribution in [0.3, 0.4) is 0 Å². The van der Waals surface area contributed by atoms with Crippen molar-refractivity contribution in [1.29, 1.82) is 0 Å². The van der Waals surface area contributed by atoms with E-state index in [9.17, 15) is 19.2 Å². The van der Waals surface area contributed by atoms with Crippen LogP contribution in [0.5, 0.6) is 0 Å². The van der Waals surface area contributed by atoms with Crippen molar-refractivity contribution in [3.8, 4) is 0 Å². The van der Waals surface area contributed by atoms with Gasteiger partial charge in [0.1, 0.15) is 6.10 Å². The lowest BCUT2D eigenvalue weighted by molar-refractivity contribution is -0.293. The van der Waals surface area contributed by atoms with Crippen molar-refractivity contribution in [3.05, 3.63) is 10.4 Å². The third-order valence-electron chi connectivity index (χ3n) is 3.10. The predicted octanol–water partition coefficient (Wildman–Crippen LogP) is 0.380. The Labute approximate surface area is 148 Å². The number of nitrogens with zero attached hydrogens (tertiary/aromatic N) is 3. The van der Waals surface area contributed by atoms with Gasteiger partial charge in [-0.05, 0) is 5.53 Å². The van der Waals surface area contributed by atoms with E-state index in [0.717, 1.165) is 27.7 Å². The van der Waals surface area contributed by atoms with Crippen molar-refractivity contribution in [2.75, 3.05) is 6.54 Å². The summed E-state index contributed by atoms with van der Waals surface area (Å²) in [6.07, 6.45) is -6.59. The van der Waals surface area contributed by atoms with Gasteiger partial charge >= 0.3 is 23.9 Å². The van der Waals surface area contributed by atoms with E-state index in [1.807, 2.05) is 0 Å². The second-order valence-corrected chi connectivity index (χ2v) is 5.29. The van der Waals surface area contributed by atoms with Gasteiger partial charge in [0.2, 0.25) is 12.4 Å². The second kappa shape index (κ2) is 9.59. The van der Waals surface area contributed by atoms with Crippen molar-refractivity contribution in [3.63, 3.8) is 0 Å². The van der Waals surface area contributed by atoms with E-state index in [1.54, 1.807) is 0 Å². The molecule has 26 heavy (non-hydrogen) atoms. The van der Waals surface area contributed by atoms with Crippen LogP contribution in [0, 0.1) is 0 Å².